The molecule has 0 aromatic heterocycles. The van der Waals surface area contributed by atoms with E-state index in [4.69, 9.17) is 0 Å². The van der Waals surface area contributed by atoms with Crippen LogP contribution in [0.5, 0.6) is 0 Å². The number of rotatable bonds is 12. The number of carbonyl (C=O) groups excluding carboxylic acids is 2. The Morgan fingerprint density at radius 1 is 1.00 bits per heavy atom. The van der Waals surface area contributed by atoms with Gasteiger partial charge in [-0.1, -0.05) is 48.9 Å². The van der Waals surface area contributed by atoms with E-state index in [1.54, 1.807) is 11.8 Å². The van der Waals surface area contributed by atoms with Crippen molar-refractivity contribution >= 4 is 27.5 Å². The highest BCUT2D eigenvalue weighted by Gasteiger charge is 2.27. The summed E-state index contributed by atoms with van der Waals surface area (Å²) in [6.07, 6.45) is 2.44. The molecule has 2 atom stereocenters. The van der Waals surface area contributed by atoms with Crippen LogP contribution in [0.4, 0.5) is 5.69 Å². The fourth-order valence-corrected chi connectivity index (χ4v) is 5.04. The van der Waals surface area contributed by atoms with Gasteiger partial charge in [-0.15, -0.1) is 0 Å². The summed E-state index contributed by atoms with van der Waals surface area (Å²) in [4.78, 5) is 27.9. The van der Waals surface area contributed by atoms with Crippen molar-refractivity contribution in [1.82, 2.24) is 10.2 Å². The van der Waals surface area contributed by atoms with Gasteiger partial charge in [0, 0.05) is 25.6 Å². The third-order valence-corrected chi connectivity index (χ3v) is 7.57. The number of amides is 2. The minimum absolute atomic E-state index is 0.0109. The van der Waals surface area contributed by atoms with E-state index in [0.29, 0.717) is 18.7 Å². The number of hydrogen-bond acceptors (Lipinski definition) is 4. The van der Waals surface area contributed by atoms with Gasteiger partial charge in [0.1, 0.15) is 6.04 Å². The average Bonchev–Trinajstić information content (AvgIpc) is 2.80. The maximum Gasteiger partial charge on any atom is 0.242 e. The molecule has 7 nitrogen and oxygen atoms in total. The summed E-state index contributed by atoms with van der Waals surface area (Å²) in [5.74, 6) is -0.378. The molecule has 8 heteroatoms. The molecule has 0 unspecified atom stereocenters. The zero-order valence-corrected chi connectivity index (χ0v) is 23.5. The maximum absolute atomic E-state index is 13.4. The highest BCUT2D eigenvalue weighted by molar-refractivity contribution is 7.92. The molecule has 0 aliphatic carbocycles. The predicted octanol–water partition coefficient (Wildman–Crippen LogP) is 4.49. The Balaban J connectivity index is 2.21. The zero-order chi connectivity index (χ0) is 27.0. The van der Waals surface area contributed by atoms with Crippen LogP contribution in [-0.4, -0.2) is 50.0 Å². The number of benzene rings is 2. The van der Waals surface area contributed by atoms with Gasteiger partial charge in [0.25, 0.3) is 0 Å². The van der Waals surface area contributed by atoms with Gasteiger partial charge in [0.05, 0.1) is 11.9 Å². The monoisotopic (exact) mass is 515 g/mol. The van der Waals surface area contributed by atoms with Crippen molar-refractivity contribution in [2.75, 3.05) is 17.1 Å². The smallest absolute Gasteiger partial charge is 0.242 e. The van der Waals surface area contributed by atoms with Gasteiger partial charge in [-0.3, -0.25) is 13.9 Å². The first-order valence-corrected chi connectivity index (χ1v) is 14.4. The molecular weight excluding hydrogens is 474 g/mol. The van der Waals surface area contributed by atoms with Gasteiger partial charge < -0.3 is 10.2 Å². The van der Waals surface area contributed by atoms with Crippen LogP contribution in [-0.2, 0) is 26.2 Å². The van der Waals surface area contributed by atoms with Crippen LogP contribution in [0, 0.1) is 20.8 Å². The molecule has 198 valence electrons. The zero-order valence-electron chi connectivity index (χ0n) is 22.7. The second kappa shape index (κ2) is 12.9. The van der Waals surface area contributed by atoms with Crippen LogP contribution < -0.4 is 9.62 Å². The summed E-state index contributed by atoms with van der Waals surface area (Å²) in [6.45, 7) is 11.9. The molecule has 2 aromatic rings. The molecule has 2 amide bonds. The van der Waals surface area contributed by atoms with Crippen LogP contribution in [0.3, 0.4) is 0 Å². The van der Waals surface area contributed by atoms with Crippen molar-refractivity contribution in [3.05, 3.63) is 64.7 Å². The summed E-state index contributed by atoms with van der Waals surface area (Å²) < 4.78 is 26.5. The molecule has 0 aliphatic heterocycles. The highest BCUT2D eigenvalue weighted by Crippen LogP contribution is 2.24. The first-order valence-electron chi connectivity index (χ1n) is 12.5. The van der Waals surface area contributed by atoms with Gasteiger partial charge in [0.2, 0.25) is 21.8 Å². The van der Waals surface area contributed by atoms with Crippen molar-refractivity contribution < 1.29 is 18.0 Å². The van der Waals surface area contributed by atoms with E-state index in [-0.39, 0.29) is 30.8 Å². The first-order chi connectivity index (χ1) is 16.8. The molecule has 0 radical (unpaired) electrons. The Morgan fingerprint density at radius 3 is 2.28 bits per heavy atom. The van der Waals surface area contributed by atoms with Crippen molar-refractivity contribution in [3.63, 3.8) is 0 Å². The Labute approximate surface area is 216 Å². The first kappa shape index (κ1) is 29.4. The summed E-state index contributed by atoms with van der Waals surface area (Å²) >= 11 is 0. The Kier molecular flexibility index (Phi) is 10.5. The Hall–Kier alpha value is -2.87. The minimum Gasteiger partial charge on any atom is -0.352 e. The van der Waals surface area contributed by atoms with E-state index in [1.165, 1.54) is 10.6 Å². The normalized spacial score (nSPS) is 13.1. The molecule has 36 heavy (non-hydrogen) atoms. The Morgan fingerprint density at radius 2 is 1.67 bits per heavy atom. The molecule has 0 saturated heterocycles. The molecule has 2 rings (SSSR count). The van der Waals surface area contributed by atoms with Crippen LogP contribution in [0.2, 0.25) is 0 Å². The maximum atomic E-state index is 13.4. The van der Waals surface area contributed by atoms with Gasteiger partial charge in [-0.2, -0.15) is 0 Å². The standard InChI is InChI=1S/C28H41N3O4S/c1-8-23(5)29-28(33)24(6)30(19-25-12-9-11-20(2)17-25)27(32)13-10-16-31(36(7,34)35)26-18-21(3)14-15-22(26)4/h9,11-12,14-15,17-18,23-24H,8,10,13,16,19H2,1-7H3,(H,29,33)/t23-,24+/m1/s1. The molecule has 2 aromatic carbocycles. The number of hydrogen-bond donors (Lipinski definition) is 1. The Bertz CT molecular complexity index is 1160. The fourth-order valence-electron chi connectivity index (χ4n) is 4.03. The summed E-state index contributed by atoms with van der Waals surface area (Å²) in [6, 6.07) is 12.9. The molecule has 1 N–H and O–H groups in total. The lowest BCUT2D eigenvalue weighted by atomic mass is 10.1. The molecule has 0 fully saturated rings. The quantitative estimate of drug-likeness (QED) is 0.451. The van der Waals surface area contributed by atoms with E-state index in [9.17, 15) is 18.0 Å². The lowest BCUT2D eigenvalue weighted by molar-refractivity contribution is -0.140. The molecular formula is C28H41N3O4S. The number of aryl methyl sites for hydroxylation is 3. The van der Waals surface area contributed by atoms with E-state index < -0.39 is 16.1 Å². The predicted molar refractivity (Wildman–Crippen MR) is 146 cm³/mol. The summed E-state index contributed by atoms with van der Waals surface area (Å²) in [5.41, 5.74) is 4.47. The molecule has 0 saturated carbocycles. The van der Waals surface area contributed by atoms with Crippen molar-refractivity contribution in [3.8, 4) is 0 Å². The number of nitrogens with zero attached hydrogens (tertiary/aromatic N) is 2. The molecule has 0 bridgehead atoms. The number of carbonyl (C=O) groups is 2. The number of sulfonamides is 1. The van der Waals surface area contributed by atoms with E-state index in [2.05, 4.69) is 5.32 Å². The molecule has 0 aliphatic rings. The second-order valence-corrected chi connectivity index (χ2v) is 11.6. The number of anilines is 1. The van der Waals surface area contributed by atoms with Crippen molar-refractivity contribution in [1.29, 1.82) is 0 Å². The van der Waals surface area contributed by atoms with Gasteiger partial charge in [-0.05, 0) is 70.2 Å². The van der Waals surface area contributed by atoms with E-state index in [0.717, 1.165) is 28.7 Å². The summed E-state index contributed by atoms with van der Waals surface area (Å²) in [5, 5.41) is 2.97. The fraction of sp³-hybridized carbons (Fsp3) is 0.500. The summed E-state index contributed by atoms with van der Waals surface area (Å²) in [7, 11) is -3.53. The van der Waals surface area contributed by atoms with Crippen molar-refractivity contribution in [2.24, 2.45) is 0 Å². The van der Waals surface area contributed by atoms with Gasteiger partial charge >= 0.3 is 0 Å². The van der Waals surface area contributed by atoms with E-state index >= 15 is 0 Å². The van der Waals surface area contributed by atoms with Crippen LogP contribution in [0.15, 0.2) is 42.5 Å². The largest absolute Gasteiger partial charge is 0.352 e. The molecule has 0 heterocycles. The average molecular weight is 516 g/mol. The highest BCUT2D eigenvalue weighted by atomic mass is 32.2. The van der Waals surface area contributed by atoms with Crippen LogP contribution in [0.25, 0.3) is 0 Å². The molecule has 0 spiro atoms. The van der Waals surface area contributed by atoms with Gasteiger partial charge in [-0.25, -0.2) is 8.42 Å². The van der Waals surface area contributed by atoms with E-state index in [1.807, 2.05) is 77.1 Å². The second-order valence-electron chi connectivity index (χ2n) is 9.73. The van der Waals surface area contributed by atoms with Crippen LogP contribution >= 0.6 is 0 Å². The third-order valence-electron chi connectivity index (χ3n) is 6.39. The van der Waals surface area contributed by atoms with Gasteiger partial charge in [0.15, 0.2) is 0 Å². The van der Waals surface area contributed by atoms with Crippen LogP contribution in [0.1, 0.15) is 62.3 Å². The lowest BCUT2D eigenvalue weighted by Gasteiger charge is -2.30. The number of nitrogens with one attached hydrogen (secondary N) is 1. The van der Waals surface area contributed by atoms with Crippen molar-refractivity contribution in [2.45, 2.75) is 79.4 Å². The SMILES string of the molecule is CC[C@@H](C)NC(=O)[C@H](C)N(Cc1cccc(C)c1)C(=O)CCCN(c1cc(C)ccc1C)S(C)(=O)=O. The lowest BCUT2D eigenvalue weighted by Crippen LogP contribution is -2.49. The third kappa shape index (κ3) is 8.36. The topological polar surface area (TPSA) is 86.8 Å². The minimum atomic E-state index is -3.53.